The van der Waals surface area contributed by atoms with Gasteiger partial charge in [-0.15, -0.1) is 0 Å². The van der Waals surface area contributed by atoms with Crippen LogP contribution in [0.1, 0.15) is 39.5 Å². The highest BCUT2D eigenvalue weighted by molar-refractivity contribution is 4.86. The van der Waals surface area contributed by atoms with Crippen molar-refractivity contribution in [1.82, 2.24) is 5.32 Å². The van der Waals surface area contributed by atoms with Crippen molar-refractivity contribution in [2.24, 2.45) is 5.92 Å². The molecular formula is C11H21NO. The summed E-state index contributed by atoms with van der Waals surface area (Å²) in [5, 5.41) is 3.59. The summed E-state index contributed by atoms with van der Waals surface area (Å²) in [6.45, 7) is 5.72. The van der Waals surface area contributed by atoms with E-state index in [1.807, 2.05) is 0 Å². The third-order valence-electron chi connectivity index (χ3n) is 3.41. The van der Waals surface area contributed by atoms with Crippen molar-refractivity contribution in [1.29, 1.82) is 0 Å². The van der Waals surface area contributed by atoms with Crippen LogP contribution in [0.4, 0.5) is 0 Å². The lowest BCUT2D eigenvalue weighted by molar-refractivity contribution is 0.0210. The first kappa shape index (κ1) is 9.47. The largest absolute Gasteiger partial charge is 0.374 e. The second-order valence-corrected chi connectivity index (χ2v) is 4.75. The Morgan fingerprint density at radius 3 is 2.62 bits per heavy atom. The number of ether oxygens (including phenoxy) is 1. The number of piperidine rings is 1. The van der Waals surface area contributed by atoms with E-state index in [2.05, 4.69) is 19.2 Å². The van der Waals surface area contributed by atoms with E-state index >= 15 is 0 Å². The van der Waals surface area contributed by atoms with Crippen molar-refractivity contribution >= 4 is 0 Å². The Labute approximate surface area is 81.0 Å². The van der Waals surface area contributed by atoms with Crippen LogP contribution in [0.25, 0.3) is 0 Å². The van der Waals surface area contributed by atoms with Gasteiger partial charge in [0, 0.05) is 6.04 Å². The molecule has 1 N–H and O–H groups in total. The van der Waals surface area contributed by atoms with E-state index in [0.717, 1.165) is 5.92 Å². The van der Waals surface area contributed by atoms with E-state index in [1.54, 1.807) is 0 Å². The van der Waals surface area contributed by atoms with Gasteiger partial charge in [-0.1, -0.05) is 6.92 Å². The Balaban J connectivity index is 1.85. The minimum atomic E-state index is 0.490. The van der Waals surface area contributed by atoms with Crippen LogP contribution in [0.3, 0.4) is 0 Å². The average molecular weight is 183 g/mol. The fourth-order valence-electron chi connectivity index (χ4n) is 2.56. The molecule has 0 amide bonds. The highest BCUT2D eigenvalue weighted by Gasteiger charge is 2.31. The molecule has 0 spiro atoms. The zero-order valence-electron chi connectivity index (χ0n) is 8.75. The van der Waals surface area contributed by atoms with Crippen molar-refractivity contribution in [3.05, 3.63) is 0 Å². The Morgan fingerprint density at radius 2 is 2.00 bits per heavy atom. The molecule has 2 aliphatic rings. The quantitative estimate of drug-likeness (QED) is 0.671. The molecule has 4 atom stereocenters. The molecule has 0 unspecified atom stereocenters. The summed E-state index contributed by atoms with van der Waals surface area (Å²) in [6.07, 6.45) is 6.13. The van der Waals surface area contributed by atoms with E-state index in [0.29, 0.717) is 18.2 Å². The van der Waals surface area contributed by atoms with Gasteiger partial charge >= 0.3 is 0 Å². The summed E-state index contributed by atoms with van der Waals surface area (Å²) in [5.41, 5.74) is 0. The Morgan fingerprint density at radius 1 is 1.15 bits per heavy atom. The molecule has 0 bridgehead atoms. The molecule has 76 valence electrons. The molecule has 0 aromatic rings. The molecule has 2 nitrogen and oxygen atoms in total. The van der Waals surface area contributed by atoms with Gasteiger partial charge in [-0.2, -0.15) is 0 Å². The fraction of sp³-hybridized carbons (Fsp3) is 1.00. The molecule has 0 aliphatic carbocycles. The zero-order valence-corrected chi connectivity index (χ0v) is 8.75. The lowest BCUT2D eigenvalue weighted by Crippen LogP contribution is -2.45. The van der Waals surface area contributed by atoms with Crippen molar-refractivity contribution < 1.29 is 4.74 Å². The van der Waals surface area contributed by atoms with Gasteiger partial charge in [0.2, 0.25) is 0 Å². The first-order valence-electron chi connectivity index (χ1n) is 5.64. The van der Waals surface area contributed by atoms with Crippen molar-refractivity contribution in [3.63, 3.8) is 0 Å². The Hall–Kier alpha value is -0.0800. The van der Waals surface area contributed by atoms with Crippen LogP contribution >= 0.6 is 0 Å². The van der Waals surface area contributed by atoms with Gasteiger partial charge < -0.3 is 10.1 Å². The Bertz CT molecular complexity index is 171. The maximum atomic E-state index is 5.89. The highest BCUT2D eigenvalue weighted by Crippen LogP contribution is 2.27. The number of nitrogens with one attached hydrogen (secondary N) is 1. The smallest absolute Gasteiger partial charge is 0.0732 e. The van der Waals surface area contributed by atoms with Gasteiger partial charge in [0.1, 0.15) is 0 Å². The minimum Gasteiger partial charge on any atom is -0.374 e. The number of hydrogen-bond acceptors (Lipinski definition) is 2. The predicted molar refractivity (Wildman–Crippen MR) is 53.8 cm³/mol. The summed E-state index contributed by atoms with van der Waals surface area (Å²) < 4.78 is 5.89. The minimum absolute atomic E-state index is 0.490. The van der Waals surface area contributed by atoms with Crippen molar-refractivity contribution in [2.45, 2.75) is 57.8 Å². The fourth-order valence-corrected chi connectivity index (χ4v) is 2.56. The summed E-state index contributed by atoms with van der Waals surface area (Å²) >= 11 is 0. The summed E-state index contributed by atoms with van der Waals surface area (Å²) in [7, 11) is 0. The molecule has 0 aromatic carbocycles. The van der Waals surface area contributed by atoms with Crippen LogP contribution in [0.15, 0.2) is 0 Å². The second kappa shape index (κ2) is 3.97. The molecule has 0 saturated carbocycles. The maximum absolute atomic E-state index is 5.89. The van der Waals surface area contributed by atoms with E-state index in [9.17, 15) is 0 Å². The van der Waals surface area contributed by atoms with Crippen LogP contribution in [-0.4, -0.2) is 24.8 Å². The van der Waals surface area contributed by atoms with Crippen molar-refractivity contribution in [3.8, 4) is 0 Å². The van der Waals surface area contributed by atoms with E-state index in [4.69, 9.17) is 4.74 Å². The van der Waals surface area contributed by atoms with E-state index in [-0.39, 0.29) is 0 Å². The molecule has 2 aliphatic heterocycles. The van der Waals surface area contributed by atoms with Crippen LogP contribution in [-0.2, 0) is 4.74 Å². The Kier molecular flexibility index (Phi) is 2.89. The van der Waals surface area contributed by atoms with E-state index < -0.39 is 0 Å². The molecular weight excluding hydrogens is 162 g/mol. The standard InChI is InChI=1S/C11H21NO/c1-8-5-6-12-10(7-8)11-4-3-9(2)13-11/h8-12H,3-7H2,1-2H3/t8-,9+,10+,11-/m1/s1. The molecule has 2 heterocycles. The lowest BCUT2D eigenvalue weighted by Gasteiger charge is -2.32. The molecule has 2 fully saturated rings. The molecule has 2 heteroatoms. The van der Waals surface area contributed by atoms with Gasteiger partial charge in [0.05, 0.1) is 12.2 Å². The lowest BCUT2D eigenvalue weighted by atomic mass is 9.90. The first-order chi connectivity index (χ1) is 6.25. The predicted octanol–water partition coefficient (Wildman–Crippen LogP) is 1.94. The van der Waals surface area contributed by atoms with Gasteiger partial charge in [0.15, 0.2) is 0 Å². The van der Waals surface area contributed by atoms with Gasteiger partial charge in [-0.25, -0.2) is 0 Å². The molecule has 0 aromatic heterocycles. The molecule has 2 saturated heterocycles. The van der Waals surface area contributed by atoms with Crippen LogP contribution in [0.5, 0.6) is 0 Å². The topological polar surface area (TPSA) is 21.3 Å². The monoisotopic (exact) mass is 183 g/mol. The summed E-state index contributed by atoms with van der Waals surface area (Å²) in [4.78, 5) is 0. The van der Waals surface area contributed by atoms with E-state index in [1.165, 1.54) is 32.2 Å². The number of rotatable bonds is 1. The summed E-state index contributed by atoms with van der Waals surface area (Å²) in [5.74, 6) is 0.880. The van der Waals surface area contributed by atoms with Gasteiger partial charge in [0.25, 0.3) is 0 Å². The van der Waals surface area contributed by atoms with Gasteiger partial charge in [-0.3, -0.25) is 0 Å². The molecule has 13 heavy (non-hydrogen) atoms. The second-order valence-electron chi connectivity index (χ2n) is 4.75. The first-order valence-corrected chi connectivity index (χ1v) is 5.64. The number of hydrogen-bond donors (Lipinski definition) is 1. The third kappa shape index (κ3) is 2.23. The zero-order chi connectivity index (χ0) is 9.26. The molecule has 2 rings (SSSR count). The van der Waals surface area contributed by atoms with Crippen LogP contribution < -0.4 is 5.32 Å². The SMILES string of the molecule is C[C@@H]1CCN[C@H]([C@H]2CC[C@H](C)O2)C1. The van der Waals surface area contributed by atoms with Crippen LogP contribution in [0, 0.1) is 5.92 Å². The summed E-state index contributed by atoms with van der Waals surface area (Å²) in [6, 6.07) is 0.633. The third-order valence-corrected chi connectivity index (χ3v) is 3.41. The van der Waals surface area contributed by atoms with Gasteiger partial charge in [-0.05, 0) is 45.1 Å². The average Bonchev–Trinajstić information content (AvgIpc) is 2.52. The molecule has 0 radical (unpaired) electrons. The van der Waals surface area contributed by atoms with Crippen molar-refractivity contribution in [2.75, 3.05) is 6.54 Å². The maximum Gasteiger partial charge on any atom is 0.0732 e. The normalized spacial score (nSPS) is 46.6. The highest BCUT2D eigenvalue weighted by atomic mass is 16.5. The van der Waals surface area contributed by atoms with Crippen LogP contribution in [0.2, 0.25) is 0 Å².